The van der Waals surface area contributed by atoms with Crippen LogP contribution in [0.3, 0.4) is 0 Å². The highest BCUT2D eigenvalue weighted by Gasteiger charge is 2.50. The summed E-state index contributed by atoms with van der Waals surface area (Å²) in [7, 11) is 4.67. The van der Waals surface area contributed by atoms with E-state index in [1.165, 1.54) is 18.4 Å². The average molecular weight is 345 g/mol. The number of rotatable bonds is 5. The van der Waals surface area contributed by atoms with Crippen molar-refractivity contribution in [1.29, 1.82) is 0 Å². The van der Waals surface area contributed by atoms with E-state index in [0.717, 1.165) is 29.3 Å². The maximum Gasteiger partial charge on any atom is 0.313 e. The minimum atomic E-state index is -0.185. The maximum atomic E-state index is 12.6. The van der Waals surface area contributed by atoms with Crippen LogP contribution in [-0.2, 0) is 16.0 Å². The van der Waals surface area contributed by atoms with Crippen LogP contribution in [0.15, 0.2) is 24.3 Å². The number of hydrogen-bond acceptors (Lipinski definition) is 2. The van der Waals surface area contributed by atoms with Gasteiger partial charge in [-0.1, -0.05) is 38.1 Å². The van der Waals surface area contributed by atoms with Crippen molar-refractivity contribution in [2.45, 2.75) is 77.0 Å². The lowest BCUT2D eigenvalue weighted by atomic mass is 9.95. The number of esters is 1. The standard InChI is InChI=1S/C22H34NO2/c1-15(2)12-17-6-8-18(9-7-17)16(3)22(24)25-21-13-19-10-11-20(14-21)23(19,4)5/h6-9,15-16,19-21H,10-14H2,1-5H3/q+1. The molecule has 2 aliphatic heterocycles. The Morgan fingerprint density at radius 3 is 2.16 bits per heavy atom. The average Bonchev–Trinajstić information content (AvgIpc) is 2.73. The van der Waals surface area contributed by atoms with Crippen molar-refractivity contribution in [3.8, 4) is 0 Å². The van der Waals surface area contributed by atoms with Gasteiger partial charge >= 0.3 is 5.97 Å². The molecule has 1 aromatic rings. The van der Waals surface area contributed by atoms with Gasteiger partial charge in [-0.05, 0) is 30.4 Å². The molecule has 3 unspecified atom stereocenters. The molecule has 3 rings (SSSR count). The van der Waals surface area contributed by atoms with Gasteiger partial charge in [-0.3, -0.25) is 4.79 Å². The lowest BCUT2D eigenvalue weighted by Gasteiger charge is -2.44. The molecule has 0 aliphatic carbocycles. The zero-order valence-corrected chi connectivity index (χ0v) is 16.5. The van der Waals surface area contributed by atoms with Crippen LogP contribution in [0.4, 0.5) is 0 Å². The van der Waals surface area contributed by atoms with Crippen molar-refractivity contribution >= 4 is 5.97 Å². The number of nitrogens with zero attached hydrogens (tertiary/aromatic N) is 1. The first kappa shape index (κ1) is 18.4. The number of benzene rings is 1. The summed E-state index contributed by atoms with van der Waals surface area (Å²) in [5, 5.41) is 0. The topological polar surface area (TPSA) is 26.3 Å². The Bertz CT molecular complexity index is 589. The van der Waals surface area contributed by atoms with Gasteiger partial charge in [0.05, 0.1) is 32.1 Å². The van der Waals surface area contributed by atoms with Gasteiger partial charge < -0.3 is 9.22 Å². The third kappa shape index (κ3) is 3.92. The van der Waals surface area contributed by atoms with Crippen LogP contribution in [0.1, 0.15) is 63.5 Å². The van der Waals surface area contributed by atoms with Gasteiger partial charge in [0.2, 0.25) is 0 Å². The van der Waals surface area contributed by atoms with E-state index >= 15 is 0 Å². The fourth-order valence-corrected chi connectivity index (χ4v) is 4.74. The van der Waals surface area contributed by atoms with E-state index in [1.807, 2.05) is 6.92 Å². The molecule has 0 saturated carbocycles. The quantitative estimate of drug-likeness (QED) is 0.588. The molecule has 2 bridgehead atoms. The molecule has 2 saturated heterocycles. The van der Waals surface area contributed by atoms with Gasteiger partial charge in [0.25, 0.3) is 0 Å². The fourth-order valence-electron chi connectivity index (χ4n) is 4.74. The molecule has 1 aromatic carbocycles. The van der Waals surface area contributed by atoms with Gasteiger partial charge in [-0.25, -0.2) is 0 Å². The first-order valence-electron chi connectivity index (χ1n) is 9.90. The Hall–Kier alpha value is -1.35. The summed E-state index contributed by atoms with van der Waals surface area (Å²) in [6, 6.07) is 9.80. The third-order valence-electron chi connectivity index (χ3n) is 6.55. The number of fused-ring (bicyclic) bond motifs is 2. The molecule has 3 atom stereocenters. The Kier molecular flexibility index (Phi) is 5.24. The minimum absolute atomic E-state index is 0.0618. The van der Waals surface area contributed by atoms with Crippen LogP contribution in [0.25, 0.3) is 0 Å². The molecule has 0 amide bonds. The zero-order valence-electron chi connectivity index (χ0n) is 16.5. The summed E-state index contributed by atoms with van der Waals surface area (Å²) in [6.45, 7) is 6.42. The molecule has 138 valence electrons. The Morgan fingerprint density at radius 1 is 1.08 bits per heavy atom. The molecule has 0 N–H and O–H groups in total. The van der Waals surface area contributed by atoms with E-state index in [2.05, 4.69) is 52.2 Å². The summed E-state index contributed by atoms with van der Waals surface area (Å²) in [5.74, 6) is 0.404. The molecule has 2 aliphatic rings. The Morgan fingerprint density at radius 2 is 1.64 bits per heavy atom. The van der Waals surface area contributed by atoms with Crippen molar-refractivity contribution in [2.24, 2.45) is 5.92 Å². The van der Waals surface area contributed by atoms with E-state index in [-0.39, 0.29) is 18.0 Å². The fraction of sp³-hybridized carbons (Fsp3) is 0.682. The van der Waals surface area contributed by atoms with Gasteiger partial charge in [-0.15, -0.1) is 0 Å². The molecule has 25 heavy (non-hydrogen) atoms. The van der Waals surface area contributed by atoms with Crippen molar-refractivity contribution in [1.82, 2.24) is 0 Å². The predicted octanol–water partition coefficient (Wildman–Crippen LogP) is 4.30. The molecule has 2 fully saturated rings. The monoisotopic (exact) mass is 344 g/mol. The second-order valence-electron chi connectivity index (χ2n) is 9.11. The molecule has 3 heteroatoms. The third-order valence-corrected chi connectivity index (χ3v) is 6.55. The number of quaternary nitrogens is 1. The van der Waals surface area contributed by atoms with Crippen LogP contribution >= 0.6 is 0 Å². The second-order valence-corrected chi connectivity index (χ2v) is 9.11. The van der Waals surface area contributed by atoms with Crippen LogP contribution < -0.4 is 0 Å². The molecular formula is C22H34NO2+. The van der Waals surface area contributed by atoms with Crippen molar-refractivity contribution in [2.75, 3.05) is 14.1 Å². The predicted molar refractivity (Wildman–Crippen MR) is 101 cm³/mol. The molecule has 0 radical (unpaired) electrons. The number of carbonyl (C=O) groups excluding carboxylic acids is 1. The van der Waals surface area contributed by atoms with Crippen LogP contribution in [0.5, 0.6) is 0 Å². The number of ether oxygens (including phenoxy) is 1. The summed E-state index contributed by atoms with van der Waals surface area (Å²) in [4.78, 5) is 12.6. The highest BCUT2D eigenvalue weighted by Crippen LogP contribution is 2.40. The number of piperidine rings is 1. The second kappa shape index (κ2) is 7.11. The molecule has 3 nitrogen and oxygen atoms in total. The highest BCUT2D eigenvalue weighted by molar-refractivity contribution is 5.77. The summed E-state index contributed by atoms with van der Waals surface area (Å²) in [6.07, 6.45) is 5.79. The maximum absolute atomic E-state index is 12.6. The van der Waals surface area contributed by atoms with Gasteiger partial charge in [0, 0.05) is 25.7 Å². The van der Waals surface area contributed by atoms with E-state index in [1.54, 1.807) is 0 Å². The molecule has 2 heterocycles. The summed E-state index contributed by atoms with van der Waals surface area (Å²) in [5.41, 5.74) is 2.40. The first-order valence-corrected chi connectivity index (χ1v) is 9.90. The Labute approximate surface area is 153 Å². The summed E-state index contributed by atoms with van der Waals surface area (Å²) < 4.78 is 7.04. The van der Waals surface area contributed by atoms with Crippen molar-refractivity contribution in [3.05, 3.63) is 35.4 Å². The molecule has 0 aromatic heterocycles. The van der Waals surface area contributed by atoms with E-state index in [9.17, 15) is 4.79 Å². The van der Waals surface area contributed by atoms with Crippen LogP contribution in [0.2, 0.25) is 0 Å². The van der Waals surface area contributed by atoms with E-state index < -0.39 is 0 Å². The van der Waals surface area contributed by atoms with Crippen molar-refractivity contribution in [3.63, 3.8) is 0 Å². The molecule has 0 spiro atoms. The SMILES string of the molecule is CC(C)Cc1ccc(C(C)C(=O)OC2CC3CCC(C2)[N+]3(C)C)cc1. The van der Waals surface area contributed by atoms with E-state index in [4.69, 9.17) is 4.74 Å². The first-order chi connectivity index (χ1) is 11.8. The van der Waals surface area contributed by atoms with Crippen molar-refractivity contribution < 1.29 is 14.0 Å². The van der Waals surface area contributed by atoms with Gasteiger partial charge in [0.15, 0.2) is 0 Å². The van der Waals surface area contributed by atoms with Gasteiger partial charge in [0.1, 0.15) is 6.10 Å². The summed E-state index contributed by atoms with van der Waals surface area (Å²) >= 11 is 0. The minimum Gasteiger partial charge on any atom is -0.461 e. The largest absolute Gasteiger partial charge is 0.461 e. The number of hydrogen-bond donors (Lipinski definition) is 0. The lowest BCUT2D eigenvalue weighted by Crippen LogP contribution is -2.56. The normalized spacial score (nSPS) is 28.8. The molecular weight excluding hydrogens is 310 g/mol. The lowest BCUT2D eigenvalue weighted by molar-refractivity contribution is -0.931. The smallest absolute Gasteiger partial charge is 0.313 e. The number of carbonyl (C=O) groups is 1. The van der Waals surface area contributed by atoms with E-state index in [0.29, 0.717) is 18.0 Å². The van der Waals surface area contributed by atoms with Gasteiger partial charge in [-0.2, -0.15) is 0 Å². The Balaban J connectivity index is 1.58. The zero-order chi connectivity index (χ0) is 18.2. The van der Waals surface area contributed by atoms with Crippen LogP contribution in [0, 0.1) is 5.92 Å². The van der Waals surface area contributed by atoms with Crippen LogP contribution in [-0.4, -0.2) is 42.7 Å². The highest BCUT2D eigenvalue weighted by atomic mass is 16.5.